The van der Waals surface area contributed by atoms with Crippen LogP contribution in [0.25, 0.3) is 28.7 Å². The van der Waals surface area contributed by atoms with E-state index in [1.165, 1.54) is 16.9 Å². The normalized spacial score (nSPS) is 12.4. The molecular formula is C13H9F4N8O3P. The Morgan fingerprint density at radius 2 is 2.00 bits per heavy atom. The molecule has 0 aromatic carbocycles. The standard InChI is InChI=1S/C13H9F4N8O3P/c14-6-1-19-12-21-8(9(24(12)3-6)7-2-18-4-20-7)10-22-11(13(15,16)17)23-25(10)5-28-29(26)27/h1-4,26-27H,5H2,(H,18,20). The van der Waals surface area contributed by atoms with E-state index in [0.717, 1.165) is 12.4 Å². The molecule has 0 saturated heterocycles. The second kappa shape index (κ2) is 7.11. The van der Waals surface area contributed by atoms with Crippen LogP contribution in [0.5, 0.6) is 0 Å². The minimum atomic E-state index is -4.89. The smallest absolute Gasteiger partial charge is 0.343 e. The van der Waals surface area contributed by atoms with E-state index < -0.39 is 39.0 Å². The van der Waals surface area contributed by atoms with Crippen LogP contribution in [-0.2, 0) is 17.4 Å². The summed E-state index contributed by atoms with van der Waals surface area (Å²) in [6.07, 6.45) is -0.299. The lowest BCUT2D eigenvalue weighted by atomic mass is 10.2. The summed E-state index contributed by atoms with van der Waals surface area (Å²) in [4.78, 5) is 35.9. The number of hydrogen-bond acceptors (Lipinski definition) is 8. The SMILES string of the molecule is OP(O)OCn1nc(C(F)(F)F)nc1-c1nc2ncc(F)cn2c1-c1cnc[nH]1. The lowest BCUT2D eigenvalue weighted by Crippen LogP contribution is -2.09. The van der Waals surface area contributed by atoms with Gasteiger partial charge in [-0.1, -0.05) is 0 Å². The van der Waals surface area contributed by atoms with Crippen LogP contribution in [-0.4, -0.2) is 48.9 Å². The van der Waals surface area contributed by atoms with Crippen molar-refractivity contribution in [2.75, 3.05) is 0 Å². The maximum absolute atomic E-state index is 13.7. The fourth-order valence-electron chi connectivity index (χ4n) is 2.54. The second-order valence-corrected chi connectivity index (χ2v) is 6.25. The zero-order chi connectivity index (χ0) is 20.8. The number of rotatable bonds is 5. The van der Waals surface area contributed by atoms with Gasteiger partial charge in [0.2, 0.25) is 5.78 Å². The monoisotopic (exact) mass is 432 g/mol. The third-order valence-electron chi connectivity index (χ3n) is 3.63. The highest BCUT2D eigenvalue weighted by Gasteiger charge is 2.38. The number of nitrogens with one attached hydrogen (secondary N) is 1. The van der Waals surface area contributed by atoms with Crippen LogP contribution in [0.1, 0.15) is 5.82 Å². The Bertz CT molecular complexity index is 1160. The lowest BCUT2D eigenvalue weighted by Gasteiger charge is -2.07. The third-order valence-corrected chi connectivity index (χ3v) is 3.98. The Morgan fingerprint density at radius 1 is 1.21 bits per heavy atom. The van der Waals surface area contributed by atoms with Gasteiger partial charge in [0.05, 0.1) is 30.6 Å². The molecule has 16 heteroatoms. The fraction of sp³-hybridized carbons (Fsp3) is 0.154. The lowest BCUT2D eigenvalue weighted by molar-refractivity contribution is -0.145. The van der Waals surface area contributed by atoms with Gasteiger partial charge in [-0.05, 0) is 0 Å². The van der Waals surface area contributed by atoms with Gasteiger partial charge in [0.1, 0.15) is 11.4 Å². The minimum absolute atomic E-state index is 0.0263. The summed E-state index contributed by atoms with van der Waals surface area (Å²) in [5.74, 6) is -2.65. The highest BCUT2D eigenvalue weighted by molar-refractivity contribution is 7.39. The first-order valence-corrected chi connectivity index (χ1v) is 8.76. The third kappa shape index (κ3) is 3.67. The molecule has 0 saturated carbocycles. The van der Waals surface area contributed by atoms with E-state index in [-0.39, 0.29) is 22.9 Å². The molecule has 0 radical (unpaired) electrons. The van der Waals surface area contributed by atoms with E-state index >= 15 is 0 Å². The van der Waals surface area contributed by atoms with Gasteiger partial charge >= 0.3 is 14.8 Å². The van der Waals surface area contributed by atoms with Crippen molar-refractivity contribution in [3.63, 3.8) is 0 Å². The van der Waals surface area contributed by atoms with Gasteiger partial charge in [0.15, 0.2) is 18.4 Å². The highest BCUT2D eigenvalue weighted by Crippen LogP contribution is 2.34. The zero-order valence-electron chi connectivity index (χ0n) is 13.9. The highest BCUT2D eigenvalue weighted by atomic mass is 31.2. The summed E-state index contributed by atoms with van der Waals surface area (Å²) in [7, 11) is -2.87. The summed E-state index contributed by atoms with van der Waals surface area (Å²) in [6.45, 7) is -0.755. The summed E-state index contributed by atoms with van der Waals surface area (Å²) in [5, 5.41) is 3.31. The van der Waals surface area contributed by atoms with Gasteiger partial charge in [-0.2, -0.15) is 13.2 Å². The van der Waals surface area contributed by atoms with Crippen LogP contribution in [0, 0.1) is 5.82 Å². The van der Waals surface area contributed by atoms with Crippen molar-refractivity contribution < 1.29 is 31.9 Å². The number of aromatic nitrogens is 8. The van der Waals surface area contributed by atoms with Crippen LogP contribution in [0.4, 0.5) is 17.6 Å². The largest absolute Gasteiger partial charge is 0.453 e. The molecule has 4 rings (SSSR count). The van der Waals surface area contributed by atoms with Crippen molar-refractivity contribution in [2.45, 2.75) is 12.9 Å². The average Bonchev–Trinajstić information content (AvgIpc) is 3.36. The van der Waals surface area contributed by atoms with Crippen molar-refractivity contribution in [3.8, 4) is 22.9 Å². The number of hydrogen-bond donors (Lipinski definition) is 3. The predicted molar refractivity (Wildman–Crippen MR) is 87.0 cm³/mol. The molecule has 11 nitrogen and oxygen atoms in total. The Labute approximate surface area is 158 Å². The van der Waals surface area contributed by atoms with Gasteiger partial charge in [0, 0.05) is 0 Å². The van der Waals surface area contributed by atoms with Crippen LogP contribution in [0.2, 0.25) is 0 Å². The van der Waals surface area contributed by atoms with Crippen molar-refractivity contribution >= 4 is 14.4 Å². The first-order valence-electron chi connectivity index (χ1n) is 7.59. The van der Waals surface area contributed by atoms with Crippen molar-refractivity contribution in [1.29, 1.82) is 0 Å². The molecule has 0 amide bonds. The zero-order valence-corrected chi connectivity index (χ0v) is 14.8. The first kappa shape index (κ1) is 19.3. The van der Waals surface area contributed by atoms with E-state index in [9.17, 15) is 17.6 Å². The Hall–Kier alpha value is -3.00. The molecule has 0 unspecified atom stereocenters. The molecule has 4 heterocycles. The van der Waals surface area contributed by atoms with Gasteiger partial charge in [-0.25, -0.2) is 29.0 Å². The molecule has 3 N–H and O–H groups in total. The van der Waals surface area contributed by atoms with Crippen LogP contribution in [0.15, 0.2) is 24.9 Å². The number of fused-ring (bicyclic) bond motifs is 1. The quantitative estimate of drug-likeness (QED) is 0.320. The van der Waals surface area contributed by atoms with E-state index in [0.29, 0.717) is 4.68 Å². The summed E-state index contributed by atoms with van der Waals surface area (Å²) in [6, 6.07) is 0. The number of imidazole rings is 2. The maximum Gasteiger partial charge on any atom is 0.453 e. The van der Waals surface area contributed by atoms with Crippen molar-refractivity contribution in [2.24, 2.45) is 0 Å². The summed E-state index contributed by atoms with van der Waals surface area (Å²) >= 11 is 0. The van der Waals surface area contributed by atoms with E-state index in [2.05, 4.69) is 34.5 Å². The van der Waals surface area contributed by atoms with Crippen LogP contribution in [0.3, 0.4) is 0 Å². The number of halogens is 4. The number of nitrogens with zero attached hydrogens (tertiary/aromatic N) is 7. The Kier molecular flexibility index (Phi) is 4.74. The van der Waals surface area contributed by atoms with Crippen molar-refractivity contribution in [1.82, 2.24) is 39.1 Å². The van der Waals surface area contributed by atoms with Gasteiger partial charge in [0.25, 0.3) is 5.82 Å². The first-order chi connectivity index (χ1) is 13.7. The molecule has 0 aliphatic rings. The number of alkyl halides is 3. The topological polar surface area (TPSA) is 139 Å². The van der Waals surface area contributed by atoms with Gasteiger partial charge in [-0.15, -0.1) is 5.10 Å². The molecule has 0 spiro atoms. The molecule has 0 fully saturated rings. The maximum atomic E-state index is 13.7. The Morgan fingerprint density at radius 3 is 2.66 bits per heavy atom. The molecule has 4 aromatic heterocycles. The molecule has 0 atom stereocenters. The fourth-order valence-corrected chi connectivity index (χ4v) is 2.76. The van der Waals surface area contributed by atoms with Crippen molar-refractivity contribution in [3.05, 3.63) is 36.6 Å². The second-order valence-electron chi connectivity index (χ2n) is 5.48. The average molecular weight is 432 g/mol. The minimum Gasteiger partial charge on any atom is -0.343 e. The molecule has 4 aromatic rings. The Balaban J connectivity index is 1.96. The number of H-pyrrole nitrogens is 1. The van der Waals surface area contributed by atoms with Crippen LogP contribution >= 0.6 is 8.60 Å². The molecule has 152 valence electrons. The molecule has 0 aliphatic heterocycles. The molecular weight excluding hydrogens is 423 g/mol. The van der Waals surface area contributed by atoms with E-state index in [4.69, 9.17) is 9.79 Å². The molecule has 0 aliphatic carbocycles. The van der Waals surface area contributed by atoms with Gasteiger partial charge in [-0.3, -0.25) is 8.92 Å². The molecule has 29 heavy (non-hydrogen) atoms. The van der Waals surface area contributed by atoms with E-state index in [1.807, 2.05) is 0 Å². The summed E-state index contributed by atoms with van der Waals surface area (Å²) < 4.78 is 59.6. The van der Waals surface area contributed by atoms with Gasteiger partial charge < -0.3 is 14.8 Å². The van der Waals surface area contributed by atoms with E-state index in [1.54, 1.807) is 0 Å². The summed E-state index contributed by atoms with van der Waals surface area (Å²) in [5.41, 5.74) is 0.261. The predicted octanol–water partition coefficient (Wildman–Crippen LogP) is 1.72. The molecule has 0 bridgehead atoms. The number of aromatic amines is 1. The van der Waals surface area contributed by atoms with Crippen LogP contribution < -0.4 is 0 Å².